The van der Waals surface area contributed by atoms with Crippen molar-refractivity contribution in [2.75, 3.05) is 11.5 Å². The number of pyridine rings is 1. The second-order valence-corrected chi connectivity index (χ2v) is 5.86. The molecule has 0 aliphatic carbocycles. The number of anilines is 1. The van der Waals surface area contributed by atoms with Crippen molar-refractivity contribution >= 4 is 21.5 Å². The van der Waals surface area contributed by atoms with E-state index in [1.165, 1.54) is 12.3 Å². The first-order valence-corrected chi connectivity index (χ1v) is 7.58. The van der Waals surface area contributed by atoms with Crippen LogP contribution in [0.3, 0.4) is 0 Å². The number of allylic oxidation sites excluding steroid dienone is 1. The lowest BCUT2D eigenvalue weighted by Crippen LogP contribution is -1.90. The van der Waals surface area contributed by atoms with Crippen molar-refractivity contribution in [3.8, 4) is 0 Å². The zero-order valence-corrected chi connectivity index (χ0v) is 10.6. The van der Waals surface area contributed by atoms with Gasteiger partial charge in [0, 0.05) is 18.1 Å². The number of rotatable bonds is 6. The van der Waals surface area contributed by atoms with Gasteiger partial charge in [0.15, 0.2) is 0 Å². The summed E-state index contributed by atoms with van der Waals surface area (Å²) < 4.78 is 25.4. The van der Waals surface area contributed by atoms with E-state index in [2.05, 4.69) is 14.6 Å². The molecule has 2 unspecified atom stereocenters. The summed E-state index contributed by atoms with van der Waals surface area (Å²) in [5.74, 6) is 0. The van der Waals surface area contributed by atoms with E-state index in [1.54, 1.807) is 24.5 Å². The van der Waals surface area contributed by atoms with E-state index < -0.39 is 15.9 Å². The van der Waals surface area contributed by atoms with Gasteiger partial charge in [0.25, 0.3) is 0 Å². The Morgan fingerprint density at radius 1 is 1.53 bits per heavy atom. The zero-order chi connectivity index (χ0) is 12.7. The second kappa shape index (κ2) is 6.69. The van der Waals surface area contributed by atoms with Crippen molar-refractivity contribution in [1.82, 2.24) is 4.98 Å². The molecule has 3 N–H and O–H groups in total. The Balaban J connectivity index is 2.41. The Kier molecular flexibility index (Phi) is 5.55. The van der Waals surface area contributed by atoms with Gasteiger partial charge in [-0.3, -0.25) is 14.1 Å². The summed E-state index contributed by atoms with van der Waals surface area (Å²) in [6.45, 7) is 0. The van der Waals surface area contributed by atoms with Crippen molar-refractivity contribution in [2.24, 2.45) is 0 Å². The molecule has 0 saturated carbocycles. The molecule has 0 aromatic carbocycles. The third-order valence-corrected chi connectivity index (χ3v) is 4.04. The average molecular weight is 278 g/mol. The van der Waals surface area contributed by atoms with E-state index in [1.807, 2.05) is 0 Å². The Bertz CT molecular complexity index is 450. The molecule has 0 bridgehead atoms. The average Bonchev–Trinajstić information content (AvgIpc) is 2.24. The molecule has 0 aliphatic heterocycles. The van der Waals surface area contributed by atoms with Crippen LogP contribution < -0.4 is 5.32 Å². The fourth-order valence-corrected chi connectivity index (χ4v) is 2.59. The Hall–Kier alpha value is -0.970. The summed E-state index contributed by atoms with van der Waals surface area (Å²) in [6.07, 6.45) is 5.62. The summed E-state index contributed by atoms with van der Waals surface area (Å²) in [7, 11) is -7.43. The van der Waals surface area contributed by atoms with Crippen LogP contribution in [0.4, 0.5) is 5.69 Å². The molecule has 2 atom stereocenters. The summed E-state index contributed by atoms with van der Waals surface area (Å²) in [5.41, 5.74) is 0.765. The molecule has 1 aromatic heterocycles. The van der Waals surface area contributed by atoms with E-state index in [9.17, 15) is 9.13 Å². The Morgan fingerprint density at radius 2 is 2.18 bits per heavy atom. The predicted octanol–water partition coefficient (Wildman–Crippen LogP) is 1.59. The van der Waals surface area contributed by atoms with E-state index >= 15 is 0 Å². The fourth-order valence-electron chi connectivity index (χ4n) is 0.948. The van der Waals surface area contributed by atoms with Crippen molar-refractivity contribution < 1.29 is 23.2 Å². The molecule has 7 nitrogen and oxygen atoms in total. The van der Waals surface area contributed by atoms with Gasteiger partial charge in [-0.1, -0.05) is 6.08 Å². The van der Waals surface area contributed by atoms with Crippen LogP contribution in [0.25, 0.3) is 0 Å². The predicted molar refractivity (Wildman–Crippen MR) is 64.0 cm³/mol. The maximum Gasteiger partial charge on any atom is 0.338 e. The number of nitrogens with zero attached hydrogens (tertiary/aromatic N) is 1. The molecule has 0 radical (unpaired) electrons. The van der Waals surface area contributed by atoms with Gasteiger partial charge in [-0.05, 0) is 18.3 Å². The third-order valence-electron chi connectivity index (χ3n) is 1.61. The summed E-state index contributed by atoms with van der Waals surface area (Å²) in [5, 5.41) is 2.83. The molecule has 9 heteroatoms. The minimum absolute atomic E-state index is 0.345. The van der Waals surface area contributed by atoms with E-state index in [-0.39, 0.29) is 6.16 Å². The molecule has 0 fully saturated rings. The normalized spacial score (nSPS) is 16.6. The van der Waals surface area contributed by atoms with Gasteiger partial charge in [0.05, 0.1) is 6.16 Å². The minimum Gasteiger partial charge on any atom is -0.362 e. The highest BCUT2D eigenvalue weighted by molar-refractivity contribution is 7.59. The van der Waals surface area contributed by atoms with Crippen molar-refractivity contribution in [3.05, 3.63) is 36.8 Å². The summed E-state index contributed by atoms with van der Waals surface area (Å²) >= 11 is 0. The first-order chi connectivity index (χ1) is 7.99. The van der Waals surface area contributed by atoms with Crippen LogP contribution in [0.1, 0.15) is 0 Å². The highest BCUT2D eigenvalue weighted by Crippen LogP contribution is 2.49. The Labute approximate surface area is 98.6 Å². The second-order valence-electron chi connectivity index (χ2n) is 2.96. The molecule has 0 aliphatic rings. The van der Waals surface area contributed by atoms with E-state index in [0.717, 1.165) is 5.69 Å². The molecule has 0 spiro atoms. The van der Waals surface area contributed by atoms with Crippen LogP contribution in [0.5, 0.6) is 0 Å². The molecule has 94 valence electrons. The maximum absolute atomic E-state index is 11.1. The van der Waals surface area contributed by atoms with Crippen LogP contribution >= 0.6 is 15.9 Å². The highest BCUT2D eigenvalue weighted by Gasteiger charge is 2.19. The number of nitrogens with one attached hydrogen (secondary N) is 1. The molecule has 17 heavy (non-hydrogen) atoms. The summed E-state index contributed by atoms with van der Waals surface area (Å²) in [4.78, 5) is 21.3. The standard InChI is InChI=1S/C8H12N2O5P2/c11-16(12)15-17(13,14)7-1-4-10-8-2-5-9-6-3-8/h1-6,16H,7H2,(H,9,10)(H,11,12)(H,13,14). The van der Waals surface area contributed by atoms with Crippen LogP contribution in [-0.2, 0) is 13.4 Å². The quantitative estimate of drug-likeness (QED) is 0.678. The first-order valence-electron chi connectivity index (χ1n) is 4.55. The van der Waals surface area contributed by atoms with E-state index in [0.29, 0.717) is 0 Å². The number of aromatic nitrogens is 1. The van der Waals surface area contributed by atoms with Gasteiger partial charge in [-0.15, -0.1) is 0 Å². The van der Waals surface area contributed by atoms with Crippen molar-refractivity contribution in [2.45, 2.75) is 0 Å². The Morgan fingerprint density at radius 3 is 2.76 bits per heavy atom. The number of hydrogen-bond acceptors (Lipinski definition) is 5. The molecule has 1 aromatic rings. The minimum atomic E-state index is -4.03. The van der Waals surface area contributed by atoms with Crippen LogP contribution in [-0.4, -0.2) is 20.9 Å². The molecule has 1 rings (SSSR count). The molecular weight excluding hydrogens is 266 g/mol. The summed E-state index contributed by atoms with van der Waals surface area (Å²) in [6, 6.07) is 3.43. The van der Waals surface area contributed by atoms with Gasteiger partial charge in [0.1, 0.15) is 0 Å². The SMILES string of the molecule is O=[PH](O)OP(=O)(O)CC=CNc1ccncc1. The smallest absolute Gasteiger partial charge is 0.338 e. The zero-order valence-electron chi connectivity index (χ0n) is 8.68. The third kappa shape index (κ3) is 6.36. The van der Waals surface area contributed by atoms with Crippen molar-refractivity contribution in [3.63, 3.8) is 0 Å². The number of hydrogen-bond donors (Lipinski definition) is 3. The lowest BCUT2D eigenvalue weighted by atomic mass is 10.4. The first kappa shape index (κ1) is 14.1. The van der Waals surface area contributed by atoms with E-state index in [4.69, 9.17) is 9.79 Å². The largest absolute Gasteiger partial charge is 0.362 e. The van der Waals surface area contributed by atoms with Crippen LogP contribution in [0.15, 0.2) is 36.8 Å². The van der Waals surface area contributed by atoms with Gasteiger partial charge >= 0.3 is 15.9 Å². The van der Waals surface area contributed by atoms with Gasteiger partial charge in [-0.2, -0.15) is 0 Å². The fraction of sp³-hybridized carbons (Fsp3) is 0.125. The molecule has 0 amide bonds. The monoisotopic (exact) mass is 278 g/mol. The lowest BCUT2D eigenvalue weighted by Gasteiger charge is -2.06. The highest BCUT2D eigenvalue weighted by atomic mass is 31.2. The van der Waals surface area contributed by atoms with Crippen LogP contribution in [0.2, 0.25) is 0 Å². The van der Waals surface area contributed by atoms with Gasteiger partial charge in [-0.25, -0.2) is 4.31 Å². The van der Waals surface area contributed by atoms with Crippen LogP contribution in [0, 0.1) is 0 Å². The molecule has 0 saturated heterocycles. The maximum atomic E-state index is 11.1. The van der Waals surface area contributed by atoms with Gasteiger partial charge in [0.2, 0.25) is 0 Å². The molecule has 1 heterocycles. The molecular formula is C8H12N2O5P2. The topological polar surface area (TPSA) is 109 Å². The van der Waals surface area contributed by atoms with Gasteiger partial charge < -0.3 is 15.1 Å². The van der Waals surface area contributed by atoms with Crippen molar-refractivity contribution in [1.29, 1.82) is 0 Å². The lowest BCUT2D eigenvalue weighted by molar-refractivity contribution is 0.353.